The third-order valence-electron chi connectivity index (χ3n) is 20.4. The van der Waals surface area contributed by atoms with Crippen LogP contribution < -0.4 is 0 Å². The van der Waals surface area contributed by atoms with Crippen molar-refractivity contribution in [1.29, 1.82) is 0 Å². The van der Waals surface area contributed by atoms with Crippen LogP contribution in [0.4, 0.5) is 0 Å². The summed E-state index contributed by atoms with van der Waals surface area (Å²) in [7, 11) is -9.92. The standard InChI is InChI=1S/C85H166O17P2/c1-6-10-13-16-19-22-25-28-29-30-34-37-40-45-49-54-59-64-69-83(88)96-75-81(102-85(90)71-66-61-56-51-46-41-38-35-32-31-33-36-39-42-47-52-57-62-67-78(5)9-4)77-100-104(93,94)98-73-79(86)72-97-103(91,92)99-76-80(101-84(89)70-65-60-55-50-44-27-24-21-18-15-12-8-3)74-95-82(87)68-63-58-53-48-43-26-23-20-17-14-11-7-2/h78-81,86H,6-77H2,1-5H3,(H,91,92)(H,93,94)/t78?,79-,80+,81+/m0/s1. The lowest BCUT2D eigenvalue weighted by atomic mass is 9.99. The van der Waals surface area contributed by atoms with Gasteiger partial charge in [0.2, 0.25) is 0 Å². The fraction of sp³-hybridized carbons (Fsp3) is 0.953. The molecule has 0 fully saturated rings. The summed E-state index contributed by atoms with van der Waals surface area (Å²) in [6.07, 6.45) is 70.7. The highest BCUT2D eigenvalue weighted by atomic mass is 31.2. The second-order valence-corrected chi connectivity index (χ2v) is 33.7. The van der Waals surface area contributed by atoms with Crippen molar-refractivity contribution in [3.8, 4) is 0 Å². The minimum absolute atomic E-state index is 0.108. The zero-order valence-corrected chi connectivity index (χ0v) is 70.0. The Hall–Kier alpha value is -1.94. The lowest BCUT2D eigenvalue weighted by molar-refractivity contribution is -0.161. The van der Waals surface area contributed by atoms with Gasteiger partial charge < -0.3 is 33.8 Å². The van der Waals surface area contributed by atoms with E-state index in [1.54, 1.807) is 0 Å². The Balaban J connectivity index is 5.22. The maximum atomic E-state index is 13.1. The molecule has 3 N–H and O–H groups in total. The van der Waals surface area contributed by atoms with E-state index in [0.29, 0.717) is 25.7 Å². The van der Waals surface area contributed by atoms with Crippen molar-refractivity contribution in [2.24, 2.45) is 5.92 Å². The topological polar surface area (TPSA) is 237 Å². The van der Waals surface area contributed by atoms with E-state index in [4.69, 9.17) is 37.0 Å². The average molecular weight is 1520 g/mol. The van der Waals surface area contributed by atoms with Crippen LogP contribution in [0.25, 0.3) is 0 Å². The number of aliphatic hydroxyl groups is 1. The normalized spacial score (nSPS) is 14.0. The molecule has 0 heterocycles. The lowest BCUT2D eigenvalue weighted by Crippen LogP contribution is -2.30. The number of unbranched alkanes of at least 4 members (excludes halogenated alkanes) is 56. The summed E-state index contributed by atoms with van der Waals surface area (Å²) in [4.78, 5) is 73.2. The third kappa shape index (κ3) is 76.8. The van der Waals surface area contributed by atoms with Crippen LogP contribution in [0.1, 0.15) is 458 Å². The predicted octanol–water partition coefficient (Wildman–Crippen LogP) is 26.0. The molecule has 0 aromatic heterocycles. The molecule has 0 rings (SSSR count). The average Bonchev–Trinajstić information content (AvgIpc) is 0.907. The van der Waals surface area contributed by atoms with Crippen LogP contribution in [0.5, 0.6) is 0 Å². The minimum Gasteiger partial charge on any atom is -0.462 e. The zero-order chi connectivity index (χ0) is 76.2. The van der Waals surface area contributed by atoms with E-state index < -0.39 is 97.5 Å². The molecular weight excluding hydrogens is 1350 g/mol. The van der Waals surface area contributed by atoms with E-state index in [0.717, 1.165) is 95.8 Å². The number of phosphoric ester groups is 2. The first-order chi connectivity index (χ1) is 50.6. The van der Waals surface area contributed by atoms with E-state index in [-0.39, 0.29) is 25.7 Å². The van der Waals surface area contributed by atoms with Gasteiger partial charge in [0.1, 0.15) is 19.3 Å². The highest BCUT2D eigenvalue weighted by Crippen LogP contribution is 2.45. The Morgan fingerprint density at radius 2 is 0.462 bits per heavy atom. The molecule has 0 aliphatic carbocycles. The molecule has 0 aromatic carbocycles. The van der Waals surface area contributed by atoms with Crippen LogP contribution in [0.2, 0.25) is 0 Å². The van der Waals surface area contributed by atoms with Crippen molar-refractivity contribution < 1.29 is 80.2 Å². The summed E-state index contributed by atoms with van der Waals surface area (Å²) in [5.74, 6) is -1.23. The SMILES string of the molecule is CCCCCCCCCCCCCCCCCCCCC(=O)OC[C@H](COP(=O)(O)OC[C@@H](O)COP(=O)(O)OC[C@@H](COC(=O)CCCCCCCCCCCCCC)OC(=O)CCCCCCCCCCCCCC)OC(=O)CCCCCCCCCCCCCCCCCCCCC(C)CC. The van der Waals surface area contributed by atoms with E-state index >= 15 is 0 Å². The van der Waals surface area contributed by atoms with Crippen LogP contribution in [-0.4, -0.2) is 96.7 Å². The third-order valence-corrected chi connectivity index (χ3v) is 22.3. The molecule has 0 amide bonds. The smallest absolute Gasteiger partial charge is 0.462 e. The number of hydrogen-bond donors (Lipinski definition) is 3. The van der Waals surface area contributed by atoms with Crippen LogP contribution in [0, 0.1) is 5.92 Å². The Kier molecular flexibility index (Phi) is 76.3. The van der Waals surface area contributed by atoms with Gasteiger partial charge >= 0.3 is 39.5 Å². The van der Waals surface area contributed by atoms with Gasteiger partial charge in [0, 0.05) is 25.7 Å². The number of phosphoric acid groups is 2. The van der Waals surface area contributed by atoms with Crippen molar-refractivity contribution in [2.75, 3.05) is 39.6 Å². The van der Waals surface area contributed by atoms with Crippen molar-refractivity contribution in [3.05, 3.63) is 0 Å². The molecule has 618 valence electrons. The predicted molar refractivity (Wildman–Crippen MR) is 428 cm³/mol. The van der Waals surface area contributed by atoms with Crippen molar-refractivity contribution in [1.82, 2.24) is 0 Å². The Labute approximate surface area is 638 Å². The first-order valence-corrected chi connectivity index (χ1v) is 47.2. The molecule has 104 heavy (non-hydrogen) atoms. The van der Waals surface area contributed by atoms with Gasteiger partial charge in [-0.15, -0.1) is 0 Å². The molecule has 3 unspecified atom stereocenters. The van der Waals surface area contributed by atoms with E-state index in [9.17, 15) is 43.2 Å². The van der Waals surface area contributed by atoms with Gasteiger partial charge in [0.15, 0.2) is 12.2 Å². The summed E-state index contributed by atoms with van der Waals surface area (Å²) >= 11 is 0. The monoisotopic (exact) mass is 1520 g/mol. The summed E-state index contributed by atoms with van der Waals surface area (Å²) < 4.78 is 68.8. The van der Waals surface area contributed by atoms with Gasteiger partial charge in [-0.2, -0.15) is 0 Å². The van der Waals surface area contributed by atoms with Gasteiger partial charge in [0.05, 0.1) is 26.4 Å². The largest absolute Gasteiger partial charge is 0.472 e. The molecule has 0 aliphatic heterocycles. The molecule has 0 radical (unpaired) electrons. The van der Waals surface area contributed by atoms with Gasteiger partial charge in [-0.1, -0.05) is 407 Å². The van der Waals surface area contributed by atoms with E-state index in [1.807, 2.05) is 0 Å². The number of hydrogen-bond acceptors (Lipinski definition) is 15. The van der Waals surface area contributed by atoms with Crippen LogP contribution in [0.15, 0.2) is 0 Å². The molecule has 17 nitrogen and oxygen atoms in total. The molecule has 19 heteroatoms. The summed E-state index contributed by atoms with van der Waals surface area (Å²) in [5.41, 5.74) is 0. The van der Waals surface area contributed by atoms with Crippen molar-refractivity contribution in [2.45, 2.75) is 477 Å². The molecule has 0 saturated carbocycles. The van der Waals surface area contributed by atoms with Gasteiger partial charge in [0.25, 0.3) is 0 Å². The fourth-order valence-corrected chi connectivity index (χ4v) is 14.8. The van der Waals surface area contributed by atoms with Crippen LogP contribution >= 0.6 is 15.6 Å². The molecule has 0 aromatic rings. The molecule has 0 aliphatic rings. The molecular formula is C85H166O17P2. The maximum Gasteiger partial charge on any atom is 0.472 e. The summed E-state index contributed by atoms with van der Waals surface area (Å²) in [6.45, 7) is 7.42. The maximum absolute atomic E-state index is 13.1. The molecule has 0 spiro atoms. The number of carbonyl (C=O) groups excluding carboxylic acids is 4. The van der Waals surface area contributed by atoms with E-state index in [1.165, 1.54) is 283 Å². The van der Waals surface area contributed by atoms with E-state index in [2.05, 4.69) is 34.6 Å². The van der Waals surface area contributed by atoms with Gasteiger partial charge in [-0.05, 0) is 31.6 Å². The molecule has 6 atom stereocenters. The van der Waals surface area contributed by atoms with Gasteiger partial charge in [-0.3, -0.25) is 37.3 Å². The second-order valence-electron chi connectivity index (χ2n) is 30.8. The first-order valence-electron chi connectivity index (χ1n) is 44.2. The first kappa shape index (κ1) is 102. The minimum atomic E-state index is -4.96. The number of rotatable bonds is 85. The number of aliphatic hydroxyl groups excluding tert-OH is 1. The quantitative estimate of drug-likeness (QED) is 0.0222. The van der Waals surface area contributed by atoms with Crippen molar-refractivity contribution >= 4 is 39.5 Å². The van der Waals surface area contributed by atoms with Crippen LogP contribution in [0.3, 0.4) is 0 Å². The number of esters is 4. The Morgan fingerprint density at radius 1 is 0.269 bits per heavy atom. The number of ether oxygens (including phenoxy) is 4. The van der Waals surface area contributed by atoms with Crippen molar-refractivity contribution in [3.63, 3.8) is 0 Å². The number of carbonyl (C=O) groups is 4. The Bertz CT molecular complexity index is 1980. The van der Waals surface area contributed by atoms with Crippen LogP contribution in [-0.2, 0) is 65.4 Å². The van der Waals surface area contributed by atoms with Gasteiger partial charge in [-0.25, -0.2) is 9.13 Å². The summed E-state index contributed by atoms with van der Waals surface area (Å²) in [6, 6.07) is 0. The lowest BCUT2D eigenvalue weighted by Gasteiger charge is -2.21. The zero-order valence-electron chi connectivity index (χ0n) is 68.2. The second kappa shape index (κ2) is 77.8. The Morgan fingerprint density at radius 3 is 0.683 bits per heavy atom. The summed E-state index contributed by atoms with van der Waals surface area (Å²) in [5, 5.41) is 10.7. The highest BCUT2D eigenvalue weighted by Gasteiger charge is 2.30. The fourth-order valence-electron chi connectivity index (χ4n) is 13.3. The molecule has 0 saturated heterocycles. The highest BCUT2D eigenvalue weighted by molar-refractivity contribution is 7.47. The molecule has 0 bridgehead atoms.